The number of alkyl halides is 1. The standard InChI is InChI=1S/C22H29FNO7PS/c1-6-29-32(25,30-7-2)22(23,33(26,27)18-11-9-8-10-12-18)13-17-14-24-16(3)20-19(17)15-28-21(4,5)31-20/h8-12,14H,6-7,13,15H2,1-5H3. The first-order valence-corrected chi connectivity index (χ1v) is 13.6. The molecule has 0 fully saturated rings. The van der Waals surface area contributed by atoms with E-state index in [0.29, 0.717) is 17.0 Å². The summed E-state index contributed by atoms with van der Waals surface area (Å²) in [5.74, 6) is -0.557. The number of hydrogen-bond acceptors (Lipinski definition) is 8. The summed E-state index contributed by atoms with van der Waals surface area (Å²) >= 11 is 0. The van der Waals surface area contributed by atoms with Crippen molar-refractivity contribution >= 4 is 17.4 Å². The van der Waals surface area contributed by atoms with Gasteiger partial charge in [-0.2, -0.15) is 0 Å². The molecule has 0 radical (unpaired) electrons. The van der Waals surface area contributed by atoms with Crippen molar-refractivity contribution in [3.63, 3.8) is 0 Å². The van der Waals surface area contributed by atoms with E-state index in [9.17, 15) is 13.0 Å². The number of rotatable bonds is 9. The van der Waals surface area contributed by atoms with Crippen molar-refractivity contribution in [2.75, 3.05) is 13.2 Å². The van der Waals surface area contributed by atoms with Gasteiger partial charge in [-0.15, -0.1) is 0 Å². The second-order valence-corrected chi connectivity index (χ2v) is 12.6. The van der Waals surface area contributed by atoms with E-state index in [1.165, 1.54) is 44.3 Å². The zero-order valence-corrected chi connectivity index (χ0v) is 21.0. The summed E-state index contributed by atoms with van der Waals surface area (Å²) in [4.78, 5) is 3.92. The molecule has 0 saturated carbocycles. The summed E-state index contributed by atoms with van der Waals surface area (Å²) < 4.78 is 76.5. The van der Waals surface area contributed by atoms with Gasteiger partial charge in [-0.25, -0.2) is 12.8 Å². The molecule has 8 nitrogen and oxygen atoms in total. The number of hydrogen-bond donors (Lipinski definition) is 0. The van der Waals surface area contributed by atoms with Crippen molar-refractivity contribution < 1.29 is 35.9 Å². The van der Waals surface area contributed by atoms with Crippen LogP contribution in [0.15, 0.2) is 41.4 Å². The molecule has 0 amide bonds. The molecule has 1 aliphatic heterocycles. The van der Waals surface area contributed by atoms with E-state index in [1.54, 1.807) is 26.8 Å². The number of ether oxygens (including phenoxy) is 2. The van der Waals surface area contributed by atoms with Gasteiger partial charge in [0.05, 0.1) is 30.4 Å². The molecular weight excluding hydrogens is 472 g/mol. The SMILES string of the molecule is CCOP(=O)(OCC)C(F)(Cc1cnc(C)c2c1COC(C)(C)O2)S(=O)(=O)c1ccccc1. The number of aryl methyl sites for hydroxylation is 1. The van der Waals surface area contributed by atoms with Gasteiger partial charge in [-0.1, -0.05) is 18.2 Å². The van der Waals surface area contributed by atoms with Crippen LogP contribution < -0.4 is 4.74 Å². The molecular formula is C22H29FNO7PS. The third-order valence-electron chi connectivity index (χ3n) is 5.20. The normalized spacial score (nSPS) is 17.6. The first-order valence-electron chi connectivity index (χ1n) is 10.6. The highest BCUT2D eigenvalue weighted by atomic mass is 32.2. The lowest BCUT2D eigenvalue weighted by molar-refractivity contribution is -0.180. The second kappa shape index (κ2) is 9.43. The molecule has 0 aliphatic carbocycles. The average Bonchev–Trinajstić information content (AvgIpc) is 2.76. The van der Waals surface area contributed by atoms with E-state index in [-0.39, 0.29) is 30.3 Å². The number of aromatic nitrogens is 1. The highest BCUT2D eigenvalue weighted by molar-refractivity contribution is 7.99. The van der Waals surface area contributed by atoms with Crippen LogP contribution >= 0.6 is 7.60 Å². The summed E-state index contributed by atoms with van der Waals surface area (Å²) in [6.07, 6.45) is 0.514. The lowest BCUT2D eigenvalue weighted by Crippen LogP contribution is -2.40. The third kappa shape index (κ3) is 4.72. The third-order valence-corrected chi connectivity index (χ3v) is 10.6. The number of pyridine rings is 1. The topological polar surface area (TPSA) is 101 Å². The molecule has 0 bridgehead atoms. The molecule has 1 atom stereocenters. The number of benzene rings is 1. The molecule has 182 valence electrons. The molecule has 1 aliphatic rings. The van der Waals surface area contributed by atoms with Crippen LogP contribution in [0.5, 0.6) is 5.75 Å². The van der Waals surface area contributed by atoms with Crippen molar-refractivity contribution in [1.29, 1.82) is 0 Å². The molecule has 33 heavy (non-hydrogen) atoms. The maximum absolute atomic E-state index is 17.0. The number of halogens is 1. The zero-order valence-electron chi connectivity index (χ0n) is 19.3. The van der Waals surface area contributed by atoms with Gasteiger partial charge in [0.15, 0.2) is 0 Å². The highest BCUT2D eigenvalue weighted by Crippen LogP contribution is 2.65. The van der Waals surface area contributed by atoms with Crippen LogP contribution in [0.25, 0.3) is 0 Å². The highest BCUT2D eigenvalue weighted by Gasteiger charge is 2.62. The van der Waals surface area contributed by atoms with Gasteiger partial charge in [-0.3, -0.25) is 9.55 Å². The molecule has 0 spiro atoms. The predicted octanol–water partition coefficient (Wildman–Crippen LogP) is 4.94. The van der Waals surface area contributed by atoms with E-state index in [2.05, 4.69) is 4.98 Å². The maximum Gasteiger partial charge on any atom is 0.383 e. The van der Waals surface area contributed by atoms with Crippen molar-refractivity contribution in [3.05, 3.63) is 53.3 Å². The molecule has 3 rings (SSSR count). The van der Waals surface area contributed by atoms with Crippen molar-refractivity contribution in [3.8, 4) is 5.75 Å². The Hall–Kier alpha value is -1.84. The van der Waals surface area contributed by atoms with E-state index < -0.39 is 34.4 Å². The van der Waals surface area contributed by atoms with Gasteiger partial charge in [0, 0.05) is 32.0 Å². The molecule has 2 heterocycles. The molecule has 0 saturated heterocycles. The summed E-state index contributed by atoms with van der Waals surface area (Å²) in [5, 5.41) is 0. The molecule has 1 unspecified atom stereocenters. The lowest BCUT2D eigenvalue weighted by Gasteiger charge is -2.36. The number of nitrogens with zero attached hydrogens (tertiary/aromatic N) is 1. The first kappa shape index (κ1) is 25.8. The molecule has 0 N–H and O–H groups in total. The average molecular weight is 502 g/mol. The van der Waals surface area contributed by atoms with Gasteiger partial charge in [0.2, 0.25) is 15.6 Å². The molecule has 11 heteroatoms. The fraction of sp³-hybridized carbons (Fsp3) is 0.500. The number of sulfone groups is 1. The van der Waals surface area contributed by atoms with Crippen LogP contribution in [0.3, 0.4) is 0 Å². The smallest absolute Gasteiger partial charge is 0.383 e. The van der Waals surface area contributed by atoms with Crippen LogP contribution in [0.4, 0.5) is 4.39 Å². The Morgan fingerprint density at radius 2 is 1.79 bits per heavy atom. The van der Waals surface area contributed by atoms with Gasteiger partial charge < -0.3 is 18.5 Å². The van der Waals surface area contributed by atoms with Gasteiger partial charge in [-0.05, 0) is 38.5 Å². The van der Waals surface area contributed by atoms with Gasteiger partial charge in [0.25, 0.3) is 0 Å². The Labute approximate surface area is 193 Å². The van der Waals surface area contributed by atoms with Crippen LogP contribution in [0, 0.1) is 6.92 Å². The minimum atomic E-state index is -4.85. The van der Waals surface area contributed by atoms with Crippen LogP contribution in [0.2, 0.25) is 0 Å². The van der Waals surface area contributed by atoms with Crippen molar-refractivity contribution in [2.45, 2.75) is 63.1 Å². The Morgan fingerprint density at radius 3 is 2.36 bits per heavy atom. The van der Waals surface area contributed by atoms with Crippen molar-refractivity contribution in [1.82, 2.24) is 4.98 Å². The minimum Gasteiger partial charge on any atom is -0.461 e. The zero-order chi connectivity index (χ0) is 24.5. The maximum atomic E-state index is 17.0. The van der Waals surface area contributed by atoms with Gasteiger partial charge in [0.1, 0.15) is 5.75 Å². The first-order chi connectivity index (χ1) is 15.4. The number of fused-ring (bicyclic) bond motifs is 1. The quantitative estimate of drug-likeness (QED) is 0.446. The summed E-state index contributed by atoms with van der Waals surface area (Å²) in [7, 11) is -9.68. The van der Waals surface area contributed by atoms with Crippen LogP contribution in [0.1, 0.15) is 44.5 Å². The van der Waals surface area contributed by atoms with Crippen LogP contribution in [-0.4, -0.2) is 37.1 Å². The monoisotopic (exact) mass is 501 g/mol. The Bertz CT molecular complexity index is 1150. The molecule has 1 aromatic carbocycles. The van der Waals surface area contributed by atoms with E-state index >= 15 is 4.39 Å². The minimum absolute atomic E-state index is 0.0378. The second-order valence-electron chi connectivity index (χ2n) is 7.98. The summed E-state index contributed by atoms with van der Waals surface area (Å²) in [6, 6.07) is 6.99. The van der Waals surface area contributed by atoms with Crippen LogP contribution in [-0.2, 0) is 41.2 Å². The molecule has 2 aromatic rings. The fourth-order valence-corrected chi connectivity index (χ4v) is 8.10. The Morgan fingerprint density at radius 1 is 1.18 bits per heavy atom. The van der Waals surface area contributed by atoms with E-state index in [4.69, 9.17) is 18.5 Å². The largest absolute Gasteiger partial charge is 0.461 e. The van der Waals surface area contributed by atoms with E-state index in [1.807, 2.05) is 0 Å². The lowest BCUT2D eigenvalue weighted by atomic mass is 10.0. The Kier molecular flexibility index (Phi) is 7.36. The summed E-state index contributed by atoms with van der Waals surface area (Å²) in [5.41, 5.74) is 1.15. The summed E-state index contributed by atoms with van der Waals surface area (Å²) in [6.45, 7) is 7.75. The van der Waals surface area contributed by atoms with E-state index in [0.717, 1.165) is 0 Å². The van der Waals surface area contributed by atoms with Crippen molar-refractivity contribution in [2.24, 2.45) is 0 Å². The Balaban J connectivity index is 2.22. The fourth-order valence-electron chi connectivity index (χ4n) is 3.57. The van der Waals surface area contributed by atoms with Gasteiger partial charge >= 0.3 is 12.3 Å². The predicted molar refractivity (Wildman–Crippen MR) is 120 cm³/mol. The molecule has 1 aromatic heterocycles.